The van der Waals surface area contributed by atoms with E-state index in [1.165, 1.54) is 12.4 Å². The number of nitrogens with zero attached hydrogens (tertiary/aromatic N) is 3. The van der Waals surface area contributed by atoms with Crippen molar-refractivity contribution in [3.8, 4) is 0 Å². The molecule has 25 heavy (non-hydrogen) atoms. The van der Waals surface area contributed by atoms with Crippen molar-refractivity contribution in [1.82, 2.24) is 15.1 Å². The number of carbonyl (C=O) groups excluding carboxylic acids is 1. The van der Waals surface area contributed by atoms with Gasteiger partial charge in [-0.15, -0.1) is 0 Å². The summed E-state index contributed by atoms with van der Waals surface area (Å²) < 4.78 is 4.97. The van der Waals surface area contributed by atoms with Crippen molar-refractivity contribution in [2.24, 2.45) is 0 Å². The molecule has 7 heteroatoms. The molecule has 0 radical (unpaired) electrons. The number of hydrogen-bond donors (Lipinski definition) is 2. The van der Waals surface area contributed by atoms with Gasteiger partial charge in [-0.1, -0.05) is 30.3 Å². The third-order valence-electron chi connectivity index (χ3n) is 3.76. The standard InChI is InChI=1S/C18H19N5O2/c1-4-13-7-5-6-11(2)16(13)22-17(24)14-9-19-18(20-10-14)21-15-8-12(3)25-23-15/h5-10H,4H2,1-3H3,(H,22,24)(H,19,20,21,23). The smallest absolute Gasteiger partial charge is 0.258 e. The van der Waals surface area contributed by atoms with Gasteiger partial charge in [0, 0.05) is 24.1 Å². The molecule has 3 aromatic rings. The number of anilines is 3. The Balaban J connectivity index is 1.73. The van der Waals surface area contributed by atoms with Crippen LogP contribution < -0.4 is 10.6 Å². The summed E-state index contributed by atoms with van der Waals surface area (Å²) in [6.07, 6.45) is 3.79. The lowest BCUT2D eigenvalue weighted by atomic mass is 10.1. The Bertz CT molecular complexity index is 887. The first-order chi connectivity index (χ1) is 12.1. The van der Waals surface area contributed by atoms with Gasteiger partial charge in [-0.05, 0) is 31.4 Å². The molecule has 0 aliphatic carbocycles. The maximum Gasteiger partial charge on any atom is 0.258 e. The van der Waals surface area contributed by atoms with Crippen molar-refractivity contribution in [3.05, 3.63) is 59.1 Å². The molecule has 0 atom stereocenters. The average molecular weight is 337 g/mol. The van der Waals surface area contributed by atoms with Gasteiger partial charge in [0.15, 0.2) is 5.82 Å². The molecule has 0 saturated carbocycles. The Morgan fingerprint density at radius 1 is 1.20 bits per heavy atom. The molecular weight excluding hydrogens is 318 g/mol. The quantitative estimate of drug-likeness (QED) is 0.738. The van der Waals surface area contributed by atoms with E-state index in [2.05, 4.69) is 32.7 Å². The number of rotatable bonds is 5. The number of carbonyl (C=O) groups is 1. The lowest BCUT2D eigenvalue weighted by molar-refractivity contribution is 0.102. The molecule has 0 unspecified atom stereocenters. The Labute approximate surface area is 145 Å². The second-order valence-corrected chi connectivity index (χ2v) is 5.66. The lowest BCUT2D eigenvalue weighted by Crippen LogP contribution is -2.15. The summed E-state index contributed by atoms with van der Waals surface area (Å²) in [6, 6.07) is 7.69. The van der Waals surface area contributed by atoms with Gasteiger partial charge in [-0.2, -0.15) is 0 Å². The minimum Gasteiger partial charge on any atom is -0.360 e. The van der Waals surface area contributed by atoms with Gasteiger partial charge in [0.05, 0.1) is 5.56 Å². The van der Waals surface area contributed by atoms with E-state index < -0.39 is 0 Å². The van der Waals surface area contributed by atoms with Gasteiger partial charge < -0.3 is 15.2 Å². The highest BCUT2D eigenvalue weighted by Gasteiger charge is 2.12. The zero-order chi connectivity index (χ0) is 17.8. The first-order valence-electron chi connectivity index (χ1n) is 7.99. The van der Waals surface area contributed by atoms with Crippen molar-refractivity contribution >= 4 is 23.4 Å². The molecule has 1 amide bonds. The van der Waals surface area contributed by atoms with E-state index in [9.17, 15) is 4.79 Å². The van der Waals surface area contributed by atoms with Gasteiger partial charge in [-0.3, -0.25) is 4.79 Å². The second kappa shape index (κ2) is 7.12. The van der Waals surface area contributed by atoms with Crippen LogP contribution in [0.15, 0.2) is 41.2 Å². The van der Waals surface area contributed by atoms with E-state index in [-0.39, 0.29) is 5.91 Å². The molecule has 2 aromatic heterocycles. The normalized spacial score (nSPS) is 10.5. The number of para-hydroxylation sites is 1. The molecule has 0 spiro atoms. The Hall–Kier alpha value is -3.22. The summed E-state index contributed by atoms with van der Waals surface area (Å²) in [6.45, 7) is 5.82. The molecule has 3 rings (SSSR count). The van der Waals surface area contributed by atoms with Crippen LogP contribution >= 0.6 is 0 Å². The molecular formula is C18H19N5O2. The van der Waals surface area contributed by atoms with Crippen LogP contribution in [0.2, 0.25) is 0 Å². The van der Waals surface area contributed by atoms with Gasteiger partial charge in [-0.25, -0.2) is 9.97 Å². The minimum atomic E-state index is -0.243. The van der Waals surface area contributed by atoms with Crippen molar-refractivity contribution in [2.45, 2.75) is 27.2 Å². The van der Waals surface area contributed by atoms with Crippen molar-refractivity contribution < 1.29 is 9.32 Å². The number of hydrogen-bond acceptors (Lipinski definition) is 6. The van der Waals surface area contributed by atoms with E-state index in [0.29, 0.717) is 23.1 Å². The van der Waals surface area contributed by atoms with Gasteiger partial charge in [0.2, 0.25) is 5.95 Å². The highest BCUT2D eigenvalue weighted by atomic mass is 16.5. The van der Waals surface area contributed by atoms with Gasteiger partial charge in [0.25, 0.3) is 5.91 Å². The zero-order valence-corrected chi connectivity index (χ0v) is 14.3. The van der Waals surface area contributed by atoms with E-state index in [1.54, 1.807) is 13.0 Å². The monoisotopic (exact) mass is 337 g/mol. The molecule has 2 N–H and O–H groups in total. The Kier molecular flexibility index (Phi) is 4.74. The number of aromatic nitrogens is 3. The summed E-state index contributed by atoms with van der Waals surface area (Å²) in [4.78, 5) is 20.8. The Morgan fingerprint density at radius 2 is 1.96 bits per heavy atom. The van der Waals surface area contributed by atoms with E-state index >= 15 is 0 Å². The van der Waals surface area contributed by atoms with E-state index in [1.807, 2.05) is 25.1 Å². The third-order valence-corrected chi connectivity index (χ3v) is 3.76. The van der Waals surface area contributed by atoms with Crippen molar-refractivity contribution in [1.29, 1.82) is 0 Å². The van der Waals surface area contributed by atoms with Crippen LogP contribution in [0.4, 0.5) is 17.5 Å². The van der Waals surface area contributed by atoms with Crippen molar-refractivity contribution in [2.75, 3.05) is 10.6 Å². The van der Waals surface area contributed by atoms with Gasteiger partial charge in [0.1, 0.15) is 5.76 Å². The fourth-order valence-electron chi connectivity index (χ4n) is 2.44. The minimum absolute atomic E-state index is 0.243. The fourth-order valence-corrected chi connectivity index (χ4v) is 2.44. The van der Waals surface area contributed by atoms with E-state index in [4.69, 9.17) is 4.52 Å². The van der Waals surface area contributed by atoms with Crippen LogP contribution in [0.5, 0.6) is 0 Å². The number of nitrogens with one attached hydrogen (secondary N) is 2. The van der Waals surface area contributed by atoms with E-state index in [0.717, 1.165) is 23.2 Å². The first-order valence-corrected chi connectivity index (χ1v) is 7.99. The lowest BCUT2D eigenvalue weighted by Gasteiger charge is -2.12. The predicted octanol–water partition coefficient (Wildman–Crippen LogP) is 3.64. The molecule has 128 valence electrons. The molecule has 2 heterocycles. The number of amides is 1. The highest BCUT2D eigenvalue weighted by Crippen LogP contribution is 2.22. The summed E-state index contributed by atoms with van der Waals surface area (Å²) in [7, 11) is 0. The molecule has 7 nitrogen and oxygen atoms in total. The van der Waals surface area contributed by atoms with Crippen LogP contribution in [-0.4, -0.2) is 21.0 Å². The number of benzene rings is 1. The molecule has 1 aromatic carbocycles. The van der Waals surface area contributed by atoms with Crippen LogP contribution in [0.3, 0.4) is 0 Å². The summed E-state index contributed by atoms with van der Waals surface area (Å²) in [5.74, 6) is 1.30. The van der Waals surface area contributed by atoms with Crippen molar-refractivity contribution in [3.63, 3.8) is 0 Å². The molecule has 0 aliphatic rings. The third kappa shape index (κ3) is 3.82. The second-order valence-electron chi connectivity index (χ2n) is 5.66. The Morgan fingerprint density at radius 3 is 2.60 bits per heavy atom. The summed E-state index contributed by atoms with van der Waals surface area (Å²) in [5, 5.41) is 9.67. The van der Waals surface area contributed by atoms with Crippen LogP contribution in [0, 0.1) is 13.8 Å². The maximum absolute atomic E-state index is 12.5. The van der Waals surface area contributed by atoms with Crippen LogP contribution in [-0.2, 0) is 6.42 Å². The molecule has 0 bridgehead atoms. The van der Waals surface area contributed by atoms with Crippen LogP contribution in [0.25, 0.3) is 0 Å². The largest absolute Gasteiger partial charge is 0.360 e. The summed E-state index contributed by atoms with van der Waals surface area (Å²) >= 11 is 0. The maximum atomic E-state index is 12.5. The van der Waals surface area contributed by atoms with Gasteiger partial charge >= 0.3 is 0 Å². The number of aryl methyl sites for hydroxylation is 3. The molecule has 0 saturated heterocycles. The van der Waals surface area contributed by atoms with Crippen LogP contribution in [0.1, 0.15) is 34.2 Å². The predicted molar refractivity (Wildman–Crippen MR) is 95.1 cm³/mol. The first kappa shape index (κ1) is 16.6. The topological polar surface area (TPSA) is 92.9 Å². The zero-order valence-electron chi connectivity index (χ0n) is 14.3. The fraction of sp³-hybridized carbons (Fsp3) is 0.222. The highest BCUT2D eigenvalue weighted by molar-refractivity contribution is 6.04. The SMILES string of the molecule is CCc1cccc(C)c1NC(=O)c1cnc(Nc2cc(C)on2)nc1. The summed E-state index contributed by atoms with van der Waals surface area (Å²) in [5.41, 5.74) is 3.34. The molecule has 0 fully saturated rings. The molecule has 0 aliphatic heterocycles. The average Bonchev–Trinajstić information content (AvgIpc) is 3.02.